The summed E-state index contributed by atoms with van der Waals surface area (Å²) >= 11 is 1.46. The molecular weight excluding hydrogens is 308 g/mol. The second-order valence-electron chi connectivity index (χ2n) is 5.12. The molecule has 0 radical (unpaired) electrons. The van der Waals surface area contributed by atoms with Crippen LogP contribution in [0.25, 0.3) is 10.2 Å². The lowest BCUT2D eigenvalue weighted by atomic mass is 10.2. The maximum Gasteiger partial charge on any atom is 0.300 e. The minimum Gasteiger partial charge on any atom is -0.305 e. The van der Waals surface area contributed by atoms with E-state index in [1.54, 1.807) is 16.9 Å². The van der Waals surface area contributed by atoms with E-state index in [2.05, 4.69) is 22.1 Å². The molecule has 23 heavy (non-hydrogen) atoms. The summed E-state index contributed by atoms with van der Waals surface area (Å²) < 4.78 is 4.65. The van der Waals surface area contributed by atoms with Crippen molar-refractivity contribution in [3.63, 3.8) is 0 Å². The first-order valence-electron chi connectivity index (χ1n) is 7.28. The van der Waals surface area contributed by atoms with Gasteiger partial charge in [0, 0.05) is 12.7 Å². The number of rotatable bonds is 3. The molecule has 0 aliphatic carbocycles. The molecule has 0 spiro atoms. The maximum atomic E-state index is 12.3. The molecule has 116 valence electrons. The Morgan fingerprint density at radius 1 is 1.43 bits per heavy atom. The summed E-state index contributed by atoms with van der Waals surface area (Å²) in [4.78, 5) is 17.2. The van der Waals surface area contributed by atoms with E-state index < -0.39 is 0 Å². The highest BCUT2D eigenvalue weighted by atomic mass is 32.1. The molecule has 0 aliphatic heterocycles. The number of aryl methyl sites for hydroxylation is 2. The Hall–Kier alpha value is -2.65. The van der Waals surface area contributed by atoms with Gasteiger partial charge in [-0.3, -0.25) is 9.48 Å². The van der Waals surface area contributed by atoms with Crippen LogP contribution in [0, 0.1) is 19.3 Å². The van der Waals surface area contributed by atoms with Gasteiger partial charge in [0.2, 0.25) is 0 Å². The molecule has 1 amide bonds. The van der Waals surface area contributed by atoms with Crippen molar-refractivity contribution in [3.05, 3.63) is 46.5 Å². The van der Waals surface area contributed by atoms with E-state index in [-0.39, 0.29) is 5.91 Å². The number of hydrogen-bond donors (Lipinski definition) is 0. The zero-order chi connectivity index (χ0) is 16.4. The summed E-state index contributed by atoms with van der Waals surface area (Å²) in [6, 6.07) is 7.78. The Bertz CT molecular complexity index is 984. The van der Waals surface area contributed by atoms with Crippen LogP contribution in [-0.2, 0) is 13.1 Å². The van der Waals surface area contributed by atoms with E-state index in [9.17, 15) is 4.79 Å². The van der Waals surface area contributed by atoms with Crippen molar-refractivity contribution in [1.29, 1.82) is 0 Å². The third-order valence-corrected chi connectivity index (χ3v) is 4.51. The third-order valence-electron chi connectivity index (χ3n) is 3.47. The average molecular weight is 324 g/mol. The summed E-state index contributed by atoms with van der Waals surface area (Å²) in [6.45, 7) is 5.09. The summed E-state index contributed by atoms with van der Waals surface area (Å²) in [6.07, 6.45) is 7.23. The molecule has 2 aromatic heterocycles. The quantitative estimate of drug-likeness (QED) is 0.695. The van der Waals surface area contributed by atoms with Gasteiger partial charge in [0.15, 0.2) is 10.5 Å². The molecular formula is C17H16N4OS. The number of terminal acetylenes is 1. The Morgan fingerprint density at radius 3 is 2.96 bits per heavy atom. The number of benzene rings is 1. The SMILES string of the molecule is C#CCn1c(=NC(=O)c2ccn(CC)n2)sc2cc(C)ccc21. The fraction of sp³-hybridized carbons (Fsp3) is 0.235. The molecule has 0 saturated carbocycles. The van der Waals surface area contributed by atoms with Crippen LogP contribution in [0.4, 0.5) is 0 Å². The fourth-order valence-corrected chi connectivity index (χ4v) is 3.43. The first kappa shape index (κ1) is 15.3. The van der Waals surface area contributed by atoms with Gasteiger partial charge in [-0.25, -0.2) is 0 Å². The van der Waals surface area contributed by atoms with Gasteiger partial charge in [-0.15, -0.1) is 6.42 Å². The van der Waals surface area contributed by atoms with Crippen molar-refractivity contribution < 1.29 is 4.79 Å². The summed E-state index contributed by atoms with van der Waals surface area (Å²) in [5.41, 5.74) is 2.49. The Morgan fingerprint density at radius 2 is 2.26 bits per heavy atom. The molecule has 3 aromatic rings. The highest BCUT2D eigenvalue weighted by Gasteiger charge is 2.11. The smallest absolute Gasteiger partial charge is 0.300 e. The first-order chi connectivity index (χ1) is 11.1. The number of carbonyl (C=O) groups is 1. The highest BCUT2D eigenvalue weighted by Crippen LogP contribution is 2.18. The molecule has 0 saturated heterocycles. The second kappa shape index (κ2) is 6.23. The van der Waals surface area contributed by atoms with Gasteiger partial charge in [-0.1, -0.05) is 23.3 Å². The largest absolute Gasteiger partial charge is 0.305 e. The fourth-order valence-electron chi connectivity index (χ4n) is 2.31. The van der Waals surface area contributed by atoms with Crippen molar-refractivity contribution in [3.8, 4) is 12.3 Å². The average Bonchev–Trinajstić information content (AvgIpc) is 3.13. The van der Waals surface area contributed by atoms with Crippen LogP contribution in [0.1, 0.15) is 23.0 Å². The Balaban J connectivity index is 2.12. The van der Waals surface area contributed by atoms with Gasteiger partial charge >= 0.3 is 0 Å². The lowest BCUT2D eigenvalue weighted by Gasteiger charge is -1.99. The lowest BCUT2D eigenvalue weighted by Crippen LogP contribution is -2.16. The molecule has 1 aromatic carbocycles. The number of nitrogens with zero attached hydrogens (tertiary/aromatic N) is 4. The number of carbonyl (C=O) groups excluding carboxylic acids is 1. The number of amides is 1. The number of thiazole rings is 1. The normalized spacial score (nSPS) is 11.8. The maximum absolute atomic E-state index is 12.3. The van der Waals surface area contributed by atoms with E-state index in [0.29, 0.717) is 23.6 Å². The molecule has 0 atom stereocenters. The van der Waals surface area contributed by atoms with Crippen molar-refractivity contribution >= 4 is 27.5 Å². The number of fused-ring (bicyclic) bond motifs is 1. The molecule has 0 unspecified atom stereocenters. The van der Waals surface area contributed by atoms with Crippen LogP contribution in [0.15, 0.2) is 35.5 Å². The van der Waals surface area contributed by atoms with Crippen molar-refractivity contribution in [2.45, 2.75) is 26.9 Å². The predicted octanol–water partition coefficient (Wildman–Crippen LogP) is 2.60. The van der Waals surface area contributed by atoms with E-state index >= 15 is 0 Å². The molecule has 5 nitrogen and oxygen atoms in total. The van der Waals surface area contributed by atoms with Crippen molar-refractivity contribution in [1.82, 2.24) is 14.3 Å². The van der Waals surface area contributed by atoms with Gasteiger partial charge in [-0.05, 0) is 37.6 Å². The van der Waals surface area contributed by atoms with Crippen LogP contribution < -0.4 is 4.80 Å². The predicted molar refractivity (Wildman–Crippen MR) is 91.2 cm³/mol. The standard InChI is InChI=1S/C17H16N4OS/c1-4-9-21-14-7-6-12(3)11-15(14)23-17(21)18-16(22)13-8-10-20(5-2)19-13/h1,6-8,10-11H,5,9H2,2-3H3. The van der Waals surface area contributed by atoms with E-state index in [0.717, 1.165) is 15.8 Å². The molecule has 2 heterocycles. The topological polar surface area (TPSA) is 52.2 Å². The van der Waals surface area contributed by atoms with Crippen LogP contribution in [0.2, 0.25) is 0 Å². The molecule has 0 N–H and O–H groups in total. The summed E-state index contributed by atoms with van der Waals surface area (Å²) in [7, 11) is 0. The van der Waals surface area contributed by atoms with Crippen molar-refractivity contribution in [2.75, 3.05) is 0 Å². The molecule has 6 heteroatoms. The second-order valence-corrected chi connectivity index (χ2v) is 6.13. The summed E-state index contributed by atoms with van der Waals surface area (Å²) in [5.74, 6) is 2.27. The monoisotopic (exact) mass is 324 g/mol. The number of aromatic nitrogens is 3. The van der Waals surface area contributed by atoms with E-state index in [1.165, 1.54) is 11.3 Å². The lowest BCUT2D eigenvalue weighted by molar-refractivity contribution is 0.0992. The van der Waals surface area contributed by atoms with E-state index in [4.69, 9.17) is 6.42 Å². The third kappa shape index (κ3) is 2.96. The molecule has 3 rings (SSSR count). The zero-order valence-corrected chi connectivity index (χ0v) is 13.8. The minimum atomic E-state index is -0.355. The molecule has 0 fully saturated rings. The molecule has 0 aliphatic rings. The highest BCUT2D eigenvalue weighted by molar-refractivity contribution is 7.16. The molecule has 0 bridgehead atoms. The van der Waals surface area contributed by atoms with Crippen LogP contribution in [0.3, 0.4) is 0 Å². The van der Waals surface area contributed by atoms with Gasteiger partial charge in [0.05, 0.1) is 16.8 Å². The van der Waals surface area contributed by atoms with E-state index in [1.807, 2.05) is 30.5 Å². The first-order valence-corrected chi connectivity index (χ1v) is 8.10. The van der Waals surface area contributed by atoms with Gasteiger partial charge in [0.25, 0.3) is 5.91 Å². The van der Waals surface area contributed by atoms with Gasteiger partial charge in [0.1, 0.15) is 0 Å². The number of hydrogen-bond acceptors (Lipinski definition) is 3. The van der Waals surface area contributed by atoms with Crippen LogP contribution in [0.5, 0.6) is 0 Å². The van der Waals surface area contributed by atoms with Crippen molar-refractivity contribution in [2.24, 2.45) is 4.99 Å². The van der Waals surface area contributed by atoms with Gasteiger partial charge in [-0.2, -0.15) is 10.1 Å². The minimum absolute atomic E-state index is 0.341. The Kier molecular flexibility index (Phi) is 4.13. The zero-order valence-electron chi connectivity index (χ0n) is 13.0. The van der Waals surface area contributed by atoms with Gasteiger partial charge < -0.3 is 4.57 Å². The Labute approximate surface area is 137 Å². The summed E-state index contributed by atoms with van der Waals surface area (Å²) in [5, 5.41) is 4.20. The van der Waals surface area contributed by atoms with Crippen LogP contribution >= 0.6 is 11.3 Å². The van der Waals surface area contributed by atoms with Crippen LogP contribution in [-0.4, -0.2) is 20.3 Å².